The molecule has 13 nitrogen and oxygen atoms in total. The van der Waals surface area contributed by atoms with Crippen LogP contribution in [0, 0.1) is 11.8 Å². The van der Waals surface area contributed by atoms with E-state index in [1.165, 1.54) is 0 Å². The Hall–Kier alpha value is -3.22. The van der Waals surface area contributed by atoms with Gasteiger partial charge >= 0.3 is 11.9 Å². The molecular weight excluding hydrogens is 438 g/mol. The Kier molecular flexibility index (Phi) is 12.7. The number of carbonyl (C=O) groups is 6. The van der Waals surface area contributed by atoms with Gasteiger partial charge in [-0.3, -0.25) is 24.0 Å². The Morgan fingerprint density at radius 2 is 1.39 bits per heavy atom. The number of carbonyl (C=O) groups excluding carboxylic acids is 4. The van der Waals surface area contributed by atoms with Gasteiger partial charge in [0.2, 0.25) is 23.6 Å². The van der Waals surface area contributed by atoms with E-state index in [-0.39, 0.29) is 12.8 Å². The summed E-state index contributed by atoms with van der Waals surface area (Å²) in [6, 6.07) is -5.06. The first kappa shape index (κ1) is 29.8. The molecule has 0 aromatic rings. The summed E-state index contributed by atoms with van der Waals surface area (Å²) in [6.07, 6.45) is -0.722. The van der Waals surface area contributed by atoms with Crippen molar-refractivity contribution in [1.82, 2.24) is 16.0 Å². The SMILES string of the molecule is CCC(C)C(NC(=O)C(CC(N)=O)NC(=O)C(N)CCC(=O)O)C(=O)NC(C(=O)O)C(C)C. The van der Waals surface area contributed by atoms with E-state index in [1.807, 2.05) is 0 Å². The van der Waals surface area contributed by atoms with Crippen molar-refractivity contribution in [3.63, 3.8) is 0 Å². The van der Waals surface area contributed by atoms with Crippen LogP contribution in [-0.2, 0) is 28.8 Å². The van der Waals surface area contributed by atoms with E-state index in [9.17, 15) is 33.9 Å². The summed E-state index contributed by atoms with van der Waals surface area (Å²) in [6.45, 7) is 6.65. The maximum atomic E-state index is 12.8. The topological polar surface area (TPSA) is 231 Å². The lowest BCUT2D eigenvalue weighted by Crippen LogP contribution is -2.59. The van der Waals surface area contributed by atoms with E-state index < -0.39 is 78.0 Å². The summed E-state index contributed by atoms with van der Waals surface area (Å²) in [4.78, 5) is 71.4. The van der Waals surface area contributed by atoms with Crippen molar-refractivity contribution < 1.29 is 39.0 Å². The molecule has 0 rings (SSSR count). The summed E-state index contributed by atoms with van der Waals surface area (Å²) < 4.78 is 0. The van der Waals surface area contributed by atoms with Crippen molar-refractivity contribution in [3.8, 4) is 0 Å². The molecule has 0 aliphatic heterocycles. The summed E-state index contributed by atoms with van der Waals surface area (Å²) in [5, 5.41) is 25.1. The van der Waals surface area contributed by atoms with Crippen LogP contribution in [0.4, 0.5) is 0 Å². The Bertz CT molecular complexity index is 742. The van der Waals surface area contributed by atoms with Crippen molar-refractivity contribution in [3.05, 3.63) is 0 Å². The van der Waals surface area contributed by atoms with Crippen LogP contribution in [0.1, 0.15) is 53.4 Å². The Morgan fingerprint density at radius 3 is 1.82 bits per heavy atom. The maximum absolute atomic E-state index is 12.8. The number of rotatable bonds is 15. The molecule has 0 radical (unpaired) electrons. The lowest BCUT2D eigenvalue weighted by Gasteiger charge is -2.28. The highest BCUT2D eigenvalue weighted by molar-refractivity contribution is 5.96. The second kappa shape index (κ2) is 14.0. The molecule has 0 saturated heterocycles. The van der Waals surface area contributed by atoms with Crippen LogP contribution < -0.4 is 27.4 Å². The third-order valence-corrected chi connectivity index (χ3v) is 5.07. The van der Waals surface area contributed by atoms with E-state index in [1.54, 1.807) is 27.7 Å². The van der Waals surface area contributed by atoms with E-state index in [0.717, 1.165) is 0 Å². The summed E-state index contributed by atoms with van der Waals surface area (Å²) in [7, 11) is 0. The molecule has 9 N–H and O–H groups in total. The zero-order valence-electron chi connectivity index (χ0n) is 19.3. The van der Waals surface area contributed by atoms with Crippen LogP contribution >= 0.6 is 0 Å². The summed E-state index contributed by atoms with van der Waals surface area (Å²) in [5.74, 6) is -6.65. The first-order valence-corrected chi connectivity index (χ1v) is 10.6. The van der Waals surface area contributed by atoms with Crippen LogP contribution in [-0.4, -0.2) is 69.9 Å². The van der Waals surface area contributed by atoms with Gasteiger partial charge in [-0.05, 0) is 18.3 Å². The number of carboxylic acids is 2. The molecule has 188 valence electrons. The lowest BCUT2D eigenvalue weighted by atomic mass is 9.96. The van der Waals surface area contributed by atoms with Gasteiger partial charge in [0, 0.05) is 6.42 Å². The molecule has 5 unspecified atom stereocenters. The molecule has 0 aromatic carbocycles. The number of hydrogen-bond donors (Lipinski definition) is 7. The summed E-state index contributed by atoms with van der Waals surface area (Å²) in [5.41, 5.74) is 10.8. The molecule has 0 saturated carbocycles. The number of hydrogen-bond acceptors (Lipinski definition) is 7. The van der Waals surface area contributed by atoms with Gasteiger partial charge in [-0.2, -0.15) is 0 Å². The molecule has 33 heavy (non-hydrogen) atoms. The Morgan fingerprint density at radius 1 is 0.848 bits per heavy atom. The smallest absolute Gasteiger partial charge is 0.326 e. The quantitative estimate of drug-likeness (QED) is 0.143. The number of carboxylic acid groups (broad SMARTS) is 2. The standard InChI is InChI=1S/C20H35N5O8/c1-5-10(4)16(19(31)24-15(9(2)3)20(32)33)25-18(30)12(8-13(22)26)23-17(29)11(21)6-7-14(27)28/h9-12,15-16H,5-8,21H2,1-4H3,(H2,22,26)(H,23,29)(H,24,31)(H,25,30)(H,27,28)(H,32,33). The molecule has 4 amide bonds. The van der Waals surface area contributed by atoms with Crippen molar-refractivity contribution in [1.29, 1.82) is 0 Å². The number of aliphatic carboxylic acids is 2. The van der Waals surface area contributed by atoms with Crippen LogP contribution in [0.15, 0.2) is 0 Å². The molecule has 0 aromatic heterocycles. The first-order valence-electron chi connectivity index (χ1n) is 10.6. The van der Waals surface area contributed by atoms with Gasteiger partial charge < -0.3 is 37.6 Å². The van der Waals surface area contributed by atoms with Gasteiger partial charge in [0.1, 0.15) is 18.1 Å². The normalized spacial score (nSPS) is 15.5. The molecule has 13 heteroatoms. The van der Waals surface area contributed by atoms with Crippen LogP contribution in [0.25, 0.3) is 0 Å². The number of primary amides is 1. The third kappa shape index (κ3) is 10.8. The predicted octanol–water partition coefficient (Wildman–Crippen LogP) is -1.70. The molecule has 0 aliphatic rings. The van der Waals surface area contributed by atoms with Gasteiger partial charge in [-0.15, -0.1) is 0 Å². The molecule has 0 bridgehead atoms. The first-order chi connectivity index (χ1) is 15.2. The van der Waals surface area contributed by atoms with E-state index >= 15 is 0 Å². The molecular formula is C20H35N5O8. The lowest BCUT2D eigenvalue weighted by molar-refractivity contribution is -0.144. The van der Waals surface area contributed by atoms with Crippen LogP contribution in [0.3, 0.4) is 0 Å². The fraction of sp³-hybridized carbons (Fsp3) is 0.700. The minimum Gasteiger partial charge on any atom is -0.481 e. The number of amides is 4. The van der Waals surface area contributed by atoms with Crippen molar-refractivity contribution in [2.24, 2.45) is 23.3 Å². The molecule has 0 spiro atoms. The molecule has 0 aliphatic carbocycles. The largest absolute Gasteiger partial charge is 0.481 e. The highest BCUT2D eigenvalue weighted by atomic mass is 16.4. The maximum Gasteiger partial charge on any atom is 0.326 e. The Balaban J connectivity index is 5.54. The van der Waals surface area contributed by atoms with E-state index in [4.69, 9.17) is 16.6 Å². The number of nitrogens with one attached hydrogen (secondary N) is 3. The second-order valence-electron chi connectivity index (χ2n) is 8.21. The van der Waals surface area contributed by atoms with Gasteiger partial charge in [0.25, 0.3) is 0 Å². The van der Waals surface area contributed by atoms with E-state index in [2.05, 4.69) is 16.0 Å². The molecule has 5 atom stereocenters. The van der Waals surface area contributed by atoms with Crippen molar-refractivity contribution in [2.75, 3.05) is 0 Å². The average molecular weight is 474 g/mol. The van der Waals surface area contributed by atoms with Crippen LogP contribution in [0.2, 0.25) is 0 Å². The van der Waals surface area contributed by atoms with Gasteiger partial charge in [0.05, 0.1) is 12.5 Å². The molecule has 0 fully saturated rings. The van der Waals surface area contributed by atoms with Gasteiger partial charge in [0.15, 0.2) is 0 Å². The molecule has 0 heterocycles. The predicted molar refractivity (Wildman–Crippen MR) is 116 cm³/mol. The van der Waals surface area contributed by atoms with E-state index in [0.29, 0.717) is 6.42 Å². The second-order valence-corrected chi connectivity index (χ2v) is 8.21. The zero-order chi connectivity index (χ0) is 25.9. The van der Waals surface area contributed by atoms with Crippen molar-refractivity contribution >= 4 is 35.6 Å². The highest BCUT2D eigenvalue weighted by Gasteiger charge is 2.34. The van der Waals surface area contributed by atoms with Gasteiger partial charge in [-0.1, -0.05) is 34.1 Å². The summed E-state index contributed by atoms with van der Waals surface area (Å²) >= 11 is 0. The third-order valence-electron chi connectivity index (χ3n) is 5.07. The number of nitrogens with two attached hydrogens (primary N) is 2. The zero-order valence-corrected chi connectivity index (χ0v) is 19.3. The monoisotopic (exact) mass is 473 g/mol. The van der Waals surface area contributed by atoms with Crippen LogP contribution in [0.5, 0.6) is 0 Å². The Labute approximate surface area is 192 Å². The minimum absolute atomic E-state index is 0.199. The minimum atomic E-state index is -1.47. The fourth-order valence-electron chi connectivity index (χ4n) is 2.81. The van der Waals surface area contributed by atoms with Crippen molar-refractivity contribution in [2.45, 2.75) is 77.5 Å². The average Bonchev–Trinajstić information content (AvgIpc) is 2.71. The fourth-order valence-corrected chi connectivity index (χ4v) is 2.81. The highest BCUT2D eigenvalue weighted by Crippen LogP contribution is 2.11. The van der Waals surface area contributed by atoms with Gasteiger partial charge in [-0.25, -0.2) is 4.79 Å².